The normalized spacial score (nSPS) is 15.2. The van der Waals surface area contributed by atoms with Crippen molar-refractivity contribution in [3.05, 3.63) is 24.3 Å². The lowest BCUT2D eigenvalue weighted by Crippen LogP contribution is -2.43. The Kier molecular flexibility index (Phi) is 4.80. The van der Waals surface area contributed by atoms with Gasteiger partial charge in [-0.25, -0.2) is 0 Å². The van der Waals surface area contributed by atoms with Gasteiger partial charge in [-0.3, -0.25) is 9.59 Å². The lowest BCUT2D eigenvalue weighted by Gasteiger charge is -2.30. The highest BCUT2D eigenvalue weighted by Crippen LogP contribution is 2.31. The fourth-order valence-corrected chi connectivity index (χ4v) is 2.19. The van der Waals surface area contributed by atoms with Crippen molar-refractivity contribution in [2.24, 2.45) is 5.73 Å². The smallest absolute Gasteiger partial charge is 0.265 e. The largest absolute Gasteiger partial charge is 0.482 e. The molecular weight excluding hydrogens is 270 g/mol. The van der Waals surface area contributed by atoms with Gasteiger partial charge >= 0.3 is 0 Å². The van der Waals surface area contributed by atoms with Crippen molar-refractivity contribution in [2.45, 2.75) is 19.4 Å². The molecule has 114 valence electrons. The van der Waals surface area contributed by atoms with E-state index in [0.717, 1.165) is 5.69 Å². The number of amides is 2. The molecule has 0 radical (unpaired) electrons. The summed E-state index contributed by atoms with van der Waals surface area (Å²) in [7, 11) is 1.73. The molecule has 1 unspecified atom stereocenters. The minimum absolute atomic E-state index is 0.00910. The van der Waals surface area contributed by atoms with Crippen LogP contribution in [0.2, 0.25) is 0 Å². The van der Waals surface area contributed by atoms with E-state index in [1.54, 1.807) is 16.8 Å². The van der Waals surface area contributed by atoms with Gasteiger partial charge in [0.2, 0.25) is 5.91 Å². The van der Waals surface area contributed by atoms with Crippen LogP contribution in [0.4, 0.5) is 5.69 Å². The van der Waals surface area contributed by atoms with Crippen molar-refractivity contribution in [3.8, 4) is 5.75 Å². The third kappa shape index (κ3) is 3.33. The lowest BCUT2D eigenvalue weighted by atomic mass is 10.2. The fraction of sp³-hybridized carbons (Fsp3) is 0.467. The van der Waals surface area contributed by atoms with Gasteiger partial charge in [-0.1, -0.05) is 12.1 Å². The Morgan fingerprint density at radius 3 is 2.90 bits per heavy atom. The van der Waals surface area contributed by atoms with E-state index < -0.39 is 0 Å². The number of fused-ring (bicyclic) bond motifs is 1. The van der Waals surface area contributed by atoms with Crippen molar-refractivity contribution < 1.29 is 14.3 Å². The Morgan fingerprint density at radius 1 is 1.48 bits per heavy atom. The van der Waals surface area contributed by atoms with Crippen LogP contribution in [0.5, 0.6) is 5.75 Å². The van der Waals surface area contributed by atoms with Gasteiger partial charge in [0.15, 0.2) is 6.61 Å². The number of ether oxygens (including phenoxy) is 1. The van der Waals surface area contributed by atoms with Crippen molar-refractivity contribution in [1.29, 1.82) is 0 Å². The van der Waals surface area contributed by atoms with E-state index in [9.17, 15) is 9.59 Å². The summed E-state index contributed by atoms with van der Waals surface area (Å²) in [5.74, 6) is 0.522. The van der Waals surface area contributed by atoms with Crippen molar-refractivity contribution in [2.75, 3.05) is 31.6 Å². The Hall–Kier alpha value is -2.08. The molecule has 0 aliphatic carbocycles. The summed E-state index contributed by atoms with van der Waals surface area (Å²) < 4.78 is 5.37. The van der Waals surface area contributed by atoms with Gasteiger partial charge in [0.05, 0.1) is 5.69 Å². The highest BCUT2D eigenvalue weighted by molar-refractivity contribution is 5.98. The minimum atomic E-state index is -0.129. The molecule has 6 nitrogen and oxygen atoms in total. The van der Waals surface area contributed by atoms with Crippen LogP contribution in [0.1, 0.15) is 13.3 Å². The molecule has 0 aromatic heterocycles. The van der Waals surface area contributed by atoms with E-state index in [-0.39, 0.29) is 30.9 Å². The molecule has 1 heterocycles. The van der Waals surface area contributed by atoms with Crippen molar-refractivity contribution >= 4 is 17.5 Å². The molecule has 2 amide bonds. The molecule has 1 aliphatic rings. The predicted octanol–water partition coefficient (Wildman–Crippen LogP) is 0.608. The molecule has 2 rings (SSSR count). The number of hydrogen-bond acceptors (Lipinski definition) is 4. The van der Waals surface area contributed by atoms with Gasteiger partial charge < -0.3 is 20.3 Å². The average Bonchev–Trinajstić information content (AvgIpc) is 2.52. The van der Waals surface area contributed by atoms with E-state index >= 15 is 0 Å². The van der Waals surface area contributed by atoms with Crippen LogP contribution >= 0.6 is 0 Å². The number of likely N-dealkylation sites (N-methyl/N-ethyl adjacent to an activating group) is 1. The highest BCUT2D eigenvalue weighted by atomic mass is 16.5. The highest BCUT2D eigenvalue weighted by Gasteiger charge is 2.26. The second kappa shape index (κ2) is 6.58. The van der Waals surface area contributed by atoms with Gasteiger partial charge in [-0.2, -0.15) is 0 Å². The Bertz CT molecular complexity index is 533. The third-order valence-corrected chi connectivity index (χ3v) is 3.75. The summed E-state index contributed by atoms with van der Waals surface area (Å²) in [6, 6.07) is 7.33. The summed E-state index contributed by atoms with van der Waals surface area (Å²) in [6.07, 6.45) is 0.265. The molecule has 1 aromatic carbocycles. The number of carbonyl (C=O) groups excluding carboxylic acids is 2. The van der Waals surface area contributed by atoms with Gasteiger partial charge in [-0.05, 0) is 19.1 Å². The monoisotopic (exact) mass is 291 g/mol. The molecule has 0 saturated heterocycles. The van der Waals surface area contributed by atoms with Gasteiger partial charge in [0, 0.05) is 32.6 Å². The second-order valence-corrected chi connectivity index (χ2v) is 5.14. The number of anilines is 1. The summed E-state index contributed by atoms with van der Waals surface area (Å²) in [5.41, 5.74) is 6.28. The van der Waals surface area contributed by atoms with E-state index in [4.69, 9.17) is 10.5 Å². The zero-order chi connectivity index (χ0) is 15.4. The van der Waals surface area contributed by atoms with Crippen LogP contribution in [0.3, 0.4) is 0 Å². The molecule has 0 bridgehead atoms. The van der Waals surface area contributed by atoms with Crippen molar-refractivity contribution in [1.82, 2.24) is 4.90 Å². The first-order valence-electron chi connectivity index (χ1n) is 7.02. The molecular formula is C15H21N3O3. The van der Waals surface area contributed by atoms with Crippen LogP contribution in [-0.2, 0) is 9.59 Å². The standard InChI is InChI=1S/C15H21N3O3/c1-11(9-16)17(2)14(19)7-8-18-12-5-3-4-6-13(12)21-10-15(18)20/h3-6,11H,7-10,16H2,1-2H3. The quantitative estimate of drug-likeness (QED) is 0.862. The summed E-state index contributed by atoms with van der Waals surface area (Å²) in [6.45, 7) is 2.68. The number of benzene rings is 1. The second-order valence-electron chi connectivity index (χ2n) is 5.14. The third-order valence-electron chi connectivity index (χ3n) is 3.75. The van der Waals surface area contributed by atoms with Gasteiger partial charge in [0.1, 0.15) is 5.75 Å². The molecule has 1 atom stereocenters. The average molecular weight is 291 g/mol. The summed E-state index contributed by atoms with van der Waals surface area (Å²) >= 11 is 0. The molecule has 21 heavy (non-hydrogen) atoms. The number of nitrogens with zero attached hydrogens (tertiary/aromatic N) is 2. The molecule has 2 N–H and O–H groups in total. The lowest BCUT2D eigenvalue weighted by molar-refractivity contribution is -0.131. The van der Waals surface area contributed by atoms with Crippen LogP contribution in [0, 0.1) is 0 Å². The zero-order valence-electron chi connectivity index (χ0n) is 12.4. The number of hydrogen-bond donors (Lipinski definition) is 1. The zero-order valence-corrected chi connectivity index (χ0v) is 12.4. The minimum Gasteiger partial charge on any atom is -0.482 e. The van der Waals surface area contributed by atoms with Crippen LogP contribution in [0.15, 0.2) is 24.3 Å². The Labute approximate surface area is 124 Å². The van der Waals surface area contributed by atoms with Crippen LogP contribution in [-0.4, -0.2) is 49.5 Å². The number of rotatable bonds is 5. The topological polar surface area (TPSA) is 75.9 Å². The van der Waals surface area contributed by atoms with Crippen LogP contribution < -0.4 is 15.4 Å². The first kappa shape index (κ1) is 15.3. The maximum atomic E-state index is 12.1. The van der Waals surface area contributed by atoms with Crippen molar-refractivity contribution in [3.63, 3.8) is 0 Å². The maximum Gasteiger partial charge on any atom is 0.265 e. The summed E-state index contributed by atoms with van der Waals surface area (Å²) in [5, 5.41) is 0. The van der Waals surface area contributed by atoms with E-state index in [0.29, 0.717) is 18.8 Å². The molecule has 0 spiro atoms. The van der Waals surface area contributed by atoms with Gasteiger partial charge in [0.25, 0.3) is 5.91 Å². The van der Waals surface area contributed by atoms with E-state index in [1.807, 2.05) is 31.2 Å². The Balaban J connectivity index is 2.03. The maximum absolute atomic E-state index is 12.1. The number of carbonyl (C=O) groups is 2. The first-order chi connectivity index (χ1) is 10.0. The Morgan fingerprint density at radius 2 is 2.19 bits per heavy atom. The molecule has 0 saturated carbocycles. The SMILES string of the molecule is CC(CN)N(C)C(=O)CCN1C(=O)COc2ccccc21. The molecule has 1 aromatic rings. The van der Waals surface area contributed by atoms with E-state index in [2.05, 4.69) is 0 Å². The van der Waals surface area contributed by atoms with Gasteiger partial charge in [-0.15, -0.1) is 0 Å². The van der Waals surface area contributed by atoms with Crippen LogP contribution in [0.25, 0.3) is 0 Å². The number of nitrogens with two attached hydrogens (primary N) is 1. The molecule has 0 fully saturated rings. The molecule has 1 aliphatic heterocycles. The first-order valence-corrected chi connectivity index (χ1v) is 7.02. The molecule has 6 heteroatoms. The number of para-hydroxylation sites is 2. The predicted molar refractivity (Wildman–Crippen MR) is 80.2 cm³/mol. The fourth-order valence-electron chi connectivity index (χ4n) is 2.19. The van der Waals surface area contributed by atoms with E-state index in [1.165, 1.54) is 0 Å². The summed E-state index contributed by atoms with van der Waals surface area (Å²) in [4.78, 5) is 27.3.